The largest absolute Gasteiger partial charge is 0.481 e. The topological polar surface area (TPSA) is 61.1 Å². The summed E-state index contributed by atoms with van der Waals surface area (Å²) in [5, 5.41) is 17.2. The van der Waals surface area contributed by atoms with Crippen LogP contribution in [0.5, 0.6) is 0 Å². The summed E-state index contributed by atoms with van der Waals surface area (Å²) >= 11 is 3.83. The first-order valence-corrected chi connectivity index (χ1v) is 4.67. The number of carboxylic acid groups (broad SMARTS) is 1. The molecule has 0 aliphatic heterocycles. The standard InChI is InChI=1S/C10H7F2NO2S/c11-10(12)8-5(3-7(14)15)1-2-6(4-13)9(8)16/h1-2,10,16H,3H2,(H,14,15). The van der Waals surface area contributed by atoms with E-state index in [2.05, 4.69) is 12.6 Å². The highest BCUT2D eigenvalue weighted by Crippen LogP contribution is 2.31. The summed E-state index contributed by atoms with van der Waals surface area (Å²) in [6.07, 6.45) is -3.37. The zero-order valence-corrected chi connectivity index (χ0v) is 8.84. The van der Waals surface area contributed by atoms with E-state index in [9.17, 15) is 13.6 Å². The van der Waals surface area contributed by atoms with Crippen LogP contribution in [0.3, 0.4) is 0 Å². The van der Waals surface area contributed by atoms with E-state index in [1.165, 1.54) is 12.1 Å². The summed E-state index contributed by atoms with van der Waals surface area (Å²) in [7, 11) is 0. The molecule has 0 saturated heterocycles. The molecular formula is C10H7F2NO2S. The quantitative estimate of drug-likeness (QED) is 0.801. The van der Waals surface area contributed by atoms with E-state index in [1.807, 2.05) is 0 Å². The van der Waals surface area contributed by atoms with Gasteiger partial charge in [-0.2, -0.15) is 5.26 Å². The molecule has 0 spiro atoms. The number of alkyl halides is 2. The Morgan fingerprint density at radius 3 is 2.62 bits per heavy atom. The van der Waals surface area contributed by atoms with Gasteiger partial charge < -0.3 is 5.11 Å². The maximum Gasteiger partial charge on any atom is 0.307 e. The molecule has 84 valence electrons. The van der Waals surface area contributed by atoms with Gasteiger partial charge in [0.05, 0.1) is 12.0 Å². The van der Waals surface area contributed by atoms with Crippen molar-refractivity contribution in [1.29, 1.82) is 5.26 Å². The molecule has 6 heteroatoms. The van der Waals surface area contributed by atoms with Crippen molar-refractivity contribution in [3.8, 4) is 6.07 Å². The van der Waals surface area contributed by atoms with Crippen molar-refractivity contribution >= 4 is 18.6 Å². The van der Waals surface area contributed by atoms with E-state index in [-0.39, 0.29) is 16.0 Å². The van der Waals surface area contributed by atoms with Gasteiger partial charge in [0.15, 0.2) is 0 Å². The van der Waals surface area contributed by atoms with Gasteiger partial charge >= 0.3 is 5.97 Å². The van der Waals surface area contributed by atoms with Crippen molar-refractivity contribution < 1.29 is 18.7 Å². The summed E-state index contributed by atoms with van der Waals surface area (Å²) in [4.78, 5) is 10.3. The number of thiol groups is 1. The van der Waals surface area contributed by atoms with Crippen molar-refractivity contribution in [1.82, 2.24) is 0 Å². The smallest absolute Gasteiger partial charge is 0.307 e. The molecule has 0 aliphatic carbocycles. The Morgan fingerprint density at radius 1 is 1.56 bits per heavy atom. The Bertz CT molecular complexity index is 469. The summed E-state index contributed by atoms with van der Waals surface area (Å²) in [6, 6.07) is 4.21. The van der Waals surface area contributed by atoms with Gasteiger partial charge in [-0.1, -0.05) is 6.07 Å². The van der Waals surface area contributed by atoms with E-state index in [4.69, 9.17) is 10.4 Å². The Kier molecular flexibility index (Phi) is 3.85. The summed E-state index contributed by atoms with van der Waals surface area (Å²) in [6.45, 7) is 0. The lowest BCUT2D eigenvalue weighted by atomic mass is 10.0. The van der Waals surface area contributed by atoms with Crippen molar-refractivity contribution in [2.45, 2.75) is 17.7 Å². The van der Waals surface area contributed by atoms with Crippen LogP contribution in [0.1, 0.15) is 23.1 Å². The molecule has 0 fully saturated rings. The highest BCUT2D eigenvalue weighted by Gasteiger charge is 2.20. The van der Waals surface area contributed by atoms with Crippen LogP contribution in [0.2, 0.25) is 0 Å². The van der Waals surface area contributed by atoms with Crippen LogP contribution in [-0.2, 0) is 11.2 Å². The first-order chi connectivity index (χ1) is 7.47. The molecule has 0 unspecified atom stereocenters. The Hall–Kier alpha value is -1.61. The van der Waals surface area contributed by atoms with Crippen LogP contribution in [0.25, 0.3) is 0 Å². The van der Waals surface area contributed by atoms with Crippen molar-refractivity contribution in [3.63, 3.8) is 0 Å². The molecule has 1 aromatic rings. The zero-order valence-electron chi connectivity index (χ0n) is 7.94. The number of carbonyl (C=O) groups is 1. The minimum atomic E-state index is -2.85. The molecule has 3 nitrogen and oxygen atoms in total. The molecule has 0 bridgehead atoms. The van der Waals surface area contributed by atoms with E-state index in [0.717, 1.165) is 0 Å². The molecule has 1 aromatic carbocycles. The zero-order chi connectivity index (χ0) is 12.3. The third-order valence-electron chi connectivity index (χ3n) is 1.99. The molecule has 0 heterocycles. The van der Waals surface area contributed by atoms with Crippen LogP contribution in [-0.4, -0.2) is 11.1 Å². The maximum absolute atomic E-state index is 12.7. The second kappa shape index (κ2) is 4.94. The third kappa shape index (κ3) is 2.49. The molecule has 0 aromatic heterocycles. The molecule has 0 saturated carbocycles. The lowest BCUT2D eigenvalue weighted by Gasteiger charge is -2.10. The number of nitriles is 1. The maximum atomic E-state index is 12.7. The van der Waals surface area contributed by atoms with E-state index in [0.29, 0.717) is 0 Å². The summed E-state index contributed by atoms with van der Waals surface area (Å²) in [5.74, 6) is -1.21. The van der Waals surface area contributed by atoms with Crippen LogP contribution in [0, 0.1) is 11.3 Å². The number of halogens is 2. The minimum absolute atomic E-state index is 0.00720. The SMILES string of the molecule is N#Cc1ccc(CC(=O)O)c(C(F)F)c1S. The molecule has 1 N–H and O–H groups in total. The molecule has 0 radical (unpaired) electrons. The lowest BCUT2D eigenvalue weighted by molar-refractivity contribution is -0.136. The van der Waals surface area contributed by atoms with Gasteiger partial charge in [-0.3, -0.25) is 4.79 Å². The van der Waals surface area contributed by atoms with E-state index >= 15 is 0 Å². The second-order valence-corrected chi connectivity index (χ2v) is 3.46. The van der Waals surface area contributed by atoms with Crippen LogP contribution < -0.4 is 0 Å². The van der Waals surface area contributed by atoms with Gasteiger partial charge in [0.2, 0.25) is 0 Å². The third-order valence-corrected chi connectivity index (χ3v) is 2.47. The van der Waals surface area contributed by atoms with Crippen LogP contribution in [0.4, 0.5) is 8.78 Å². The highest BCUT2D eigenvalue weighted by atomic mass is 32.1. The van der Waals surface area contributed by atoms with Gasteiger partial charge in [0, 0.05) is 10.5 Å². The average molecular weight is 243 g/mol. The average Bonchev–Trinajstić information content (AvgIpc) is 2.16. The second-order valence-electron chi connectivity index (χ2n) is 3.02. The molecule has 16 heavy (non-hydrogen) atoms. The molecule has 0 atom stereocenters. The monoisotopic (exact) mass is 243 g/mol. The fourth-order valence-electron chi connectivity index (χ4n) is 1.30. The van der Waals surface area contributed by atoms with Crippen LogP contribution in [0.15, 0.2) is 17.0 Å². The summed E-state index contributed by atoms with van der Waals surface area (Å²) < 4.78 is 25.4. The summed E-state index contributed by atoms with van der Waals surface area (Å²) in [5.41, 5.74) is -0.496. The van der Waals surface area contributed by atoms with Crippen molar-refractivity contribution in [2.75, 3.05) is 0 Å². The van der Waals surface area contributed by atoms with Gasteiger partial charge in [0.25, 0.3) is 6.43 Å². The first-order valence-electron chi connectivity index (χ1n) is 4.22. The first kappa shape index (κ1) is 12.5. The normalized spacial score (nSPS) is 10.2. The Balaban J connectivity index is 3.35. The van der Waals surface area contributed by atoms with Crippen molar-refractivity contribution in [3.05, 3.63) is 28.8 Å². The number of hydrogen-bond acceptors (Lipinski definition) is 3. The minimum Gasteiger partial charge on any atom is -0.481 e. The van der Waals surface area contributed by atoms with E-state index < -0.39 is 24.4 Å². The number of benzene rings is 1. The number of aliphatic carboxylic acids is 1. The number of nitrogens with zero attached hydrogens (tertiary/aromatic N) is 1. The fraction of sp³-hybridized carbons (Fsp3) is 0.200. The molecule has 0 aliphatic rings. The van der Waals surface area contributed by atoms with Crippen LogP contribution >= 0.6 is 12.6 Å². The van der Waals surface area contributed by atoms with E-state index in [1.54, 1.807) is 6.07 Å². The van der Waals surface area contributed by atoms with Gasteiger partial charge in [-0.05, 0) is 11.6 Å². The highest BCUT2D eigenvalue weighted by molar-refractivity contribution is 7.80. The van der Waals surface area contributed by atoms with Gasteiger partial charge in [-0.15, -0.1) is 12.6 Å². The molecule has 1 rings (SSSR count). The van der Waals surface area contributed by atoms with Crippen molar-refractivity contribution in [2.24, 2.45) is 0 Å². The van der Waals surface area contributed by atoms with Gasteiger partial charge in [-0.25, -0.2) is 8.78 Å². The number of carboxylic acids is 1. The fourth-order valence-corrected chi connectivity index (χ4v) is 1.67. The predicted octanol–water partition coefficient (Wildman–Crippen LogP) is 2.41. The Morgan fingerprint density at radius 2 is 2.19 bits per heavy atom. The lowest BCUT2D eigenvalue weighted by Crippen LogP contribution is -2.05. The Labute approximate surface area is 95.7 Å². The molecular weight excluding hydrogens is 236 g/mol. The number of hydrogen-bond donors (Lipinski definition) is 2. The van der Waals surface area contributed by atoms with Gasteiger partial charge in [0.1, 0.15) is 6.07 Å². The molecule has 0 amide bonds. The predicted molar refractivity (Wildman–Crippen MR) is 54.7 cm³/mol. The number of rotatable bonds is 3.